The average Bonchev–Trinajstić information content (AvgIpc) is 3.14. The standard InChI is InChI=1S/C16H18N4O2S/c1-12(13-4-6-14(7-5-13)23(3,21)22)20-11-9-18-16(20)15-17-8-10-19(15)2/h4-12H,1-3H3/t12-/m0/s1. The van der Waals surface area contributed by atoms with Gasteiger partial charge in [0.1, 0.15) is 0 Å². The van der Waals surface area contributed by atoms with Crippen molar-refractivity contribution in [2.75, 3.05) is 6.26 Å². The zero-order chi connectivity index (χ0) is 16.6. The summed E-state index contributed by atoms with van der Waals surface area (Å²) in [7, 11) is -1.26. The number of sulfone groups is 1. The van der Waals surface area contributed by atoms with Crippen LogP contribution in [0.4, 0.5) is 0 Å². The minimum Gasteiger partial charge on any atom is -0.331 e. The second kappa shape index (κ2) is 5.66. The Morgan fingerprint density at radius 3 is 2.17 bits per heavy atom. The Hall–Kier alpha value is -2.41. The molecule has 23 heavy (non-hydrogen) atoms. The lowest BCUT2D eigenvalue weighted by atomic mass is 10.1. The molecule has 2 aromatic heterocycles. The maximum Gasteiger partial charge on any atom is 0.176 e. The zero-order valence-corrected chi connectivity index (χ0v) is 14.0. The van der Waals surface area contributed by atoms with Gasteiger partial charge in [-0.3, -0.25) is 0 Å². The molecule has 0 aliphatic carbocycles. The number of hydrogen-bond donors (Lipinski definition) is 0. The quantitative estimate of drug-likeness (QED) is 0.736. The summed E-state index contributed by atoms with van der Waals surface area (Å²) in [4.78, 5) is 9.07. The highest BCUT2D eigenvalue weighted by Gasteiger charge is 2.17. The maximum absolute atomic E-state index is 11.6. The molecule has 0 spiro atoms. The molecule has 3 rings (SSSR count). The Kier molecular flexibility index (Phi) is 3.81. The molecule has 0 aliphatic rings. The van der Waals surface area contributed by atoms with Gasteiger partial charge in [0.15, 0.2) is 21.5 Å². The van der Waals surface area contributed by atoms with Crippen molar-refractivity contribution in [3.8, 4) is 11.6 Å². The Morgan fingerprint density at radius 2 is 1.61 bits per heavy atom. The Morgan fingerprint density at radius 1 is 1.00 bits per heavy atom. The summed E-state index contributed by atoms with van der Waals surface area (Å²) < 4.78 is 27.1. The van der Waals surface area contributed by atoms with Crippen molar-refractivity contribution in [3.63, 3.8) is 0 Å². The largest absolute Gasteiger partial charge is 0.331 e. The number of hydrogen-bond acceptors (Lipinski definition) is 4. The summed E-state index contributed by atoms with van der Waals surface area (Å²) in [5.74, 6) is 1.56. The second-order valence-corrected chi connectivity index (χ2v) is 7.55. The van der Waals surface area contributed by atoms with Crippen LogP contribution in [0.15, 0.2) is 53.9 Å². The fourth-order valence-electron chi connectivity index (χ4n) is 2.53. The predicted molar refractivity (Wildman–Crippen MR) is 87.8 cm³/mol. The van der Waals surface area contributed by atoms with Gasteiger partial charge in [0.05, 0.1) is 10.9 Å². The predicted octanol–water partition coefficient (Wildman–Crippen LogP) is 2.30. The molecule has 0 saturated carbocycles. The Labute approximate surface area is 135 Å². The lowest BCUT2D eigenvalue weighted by molar-refractivity contribution is 0.601. The monoisotopic (exact) mass is 330 g/mol. The highest BCUT2D eigenvalue weighted by Crippen LogP contribution is 2.25. The van der Waals surface area contributed by atoms with Gasteiger partial charge in [0, 0.05) is 38.1 Å². The van der Waals surface area contributed by atoms with Gasteiger partial charge in [0.25, 0.3) is 0 Å². The molecular formula is C16H18N4O2S. The summed E-state index contributed by atoms with van der Waals surface area (Å²) >= 11 is 0. The van der Waals surface area contributed by atoms with Crippen LogP contribution in [0.5, 0.6) is 0 Å². The van der Waals surface area contributed by atoms with E-state index in [2.05, 4.69) is 9.97 Å². The van der Waals surface area contributed by atoms with Crippen molar-refractivity contribution in [3.05, 3.63) is 54.6 Å². The van der Waals surface area contributed by atoms with Crippen molar-refractivity contribution >= 4 is 9.84 Å². The van der Waals surface area contributed by atoms with Crippen molar-refractivity contribution < 1.29 is 8.42 Å². The van der Waals surface area contributed by atoms with E-state index in [0.717, 1.165) is 17.2 Å². The van der Waals surface area contributed by atoms with Crippen LogP contribution < -0.4 is 0 Å². The molecule has 1 atom stereocenters. The normalized spacial score (nSPS) is 13.2. The lowest BCUT2D eigenvalue weighted by Crippen LogP contribution is -2.09. The number of nitrogens with zero attached hydrogens (tertiary/aromatic N) is 4. The van der Waals surface area contributed by atoms with Crippen molar-refractivity contribution in [2.45, 2.75) is 17.9 Å². The SMILES string of the molecule is C[C@@H](c1ccc(S(C)(=O)=O)cc1)n1ccnc1-c1nccn1C. The molecule has 1 aromatic carbocycles. The first-order chi connectivity index (χ1) is 10.9. The average molecular weight is 330 g/mol. The van der Waals surface area contributed by atoms with Gasteiger partial charge >= 0.3 is 0 Å². The van der Waals surface area contributed by atoms with Crippen molar-refractivity contribution in [2.24, 2.45) is 7.05 Å². The number of imidazole rings is 2. The van der Waals surface area contributed by atoms with Gasteiger partial charge in [0.2, 0.25) is 0 Å². The maximum atomic E-state index is 11.6. The van der Waals surface area contributed by atoms with Gasteiger partial charge in [-0.1, -0.05) is 12.1 Å². The van der Waals surface area contributed by atoms with Gasteiger partial charge in [-0.25, -0.2) is 18.4 Å². The van der Waals surface area contributed by atoms with E-state index in [4.69, 9.17) is 0 Å². The number of aryl methyl sites for hydroxylation is 1. The van der Waals surface area contributed by atoms with Gasteiger partial charge in [-0.05, 0) is 24.6 Å². The highest BCUT2D eigenvalue weighted by atomic mass is 32.2. The molecule has 0 saturated heterocycles. The van der Waals surface area contributed by atoms with E-state index < -0.39 is 9.84 Å². The topological polar surface area (TPSA) is 69.8 Å². The Balaban J connectivity index is 1.97. The third kappa shape index (κ3) is 2.92. The van der Waals surface area contributed by atoms with Gasteiger partial charge < -0.3 is 9.13 Å². The first-order valence-electron chi connectivity index (χ1n) is 7.18. The summed E-state index contributed by atoms with van der Waals surface area (Å²) in [5, 5.41) is 0. The molecule has 0 unspecified atom stereocenters. The number of rotatable bonds is 4. The van der Waals surface area contributed by atoms with E-state index >= 15 is 0 Å². The molecule has 120 valence electrons. The Bertz CT molecular complexity index is 923. The van der Waals surface area contributed by atoms with E-state index in [1.807, 2.05) is 47.6 Å². The van der Waals surface area contributed by atoms with Gasteiger partial charge in [-0.15, -0.1) is 0 Å². The van der Waals surface area contributed by atoms with Crippen LogP contribution in [0, 0.1) is 0 Å². The third-order valence-corrected chi connectivity index (χ3v) is 5.03. The fourth-order valence-corrected chi connectivity index (χ4v) is 3.16. The fraction of sp³-hybridized carbons (Fsp3) is 0.250. The summed E-state index contributed by atoms with van der Waals surface area (Å²) in [5.41, 5.74) is 1.01. The molecule has 0 aliphatic heterocycles. The van der Waals surface area contributed by atoms with E-state index in [-0.39, 0.29) is 6.04 Å². The third-order valence-electron chi connectivity index (χ3n) is 3.90. The van der Waals surface area contributed by atoms with Crippen LogP contribution in [-0.4, -0.2) is 33.8 Å². The van der Waals surface area contributed by atoms with Gasteiger partial charge in [-0.2, -0.15) is 0 Å². The van der Waals surface area contributed by atoms with Crippen LogP contribution >= 0.6 is 0 Å². The highest BCUT2D eigenvalue weighted by molar-refractivity contribution is 7.90. The second-order valence-electron chi connectivity index (χ2n) is 5.54. The molecule has 0 N–H and O–H groups in total. The molecule has 2 heterocycles. The minimum absolute atomic E-state index is 0.0119. The number of benzene rings is 1. The molecule has 0 bridgehead atoms. The molecule has 6 nitrogen and oxygen atoms in total. The summed E-state index contributed by atoms with van der Waals surface area (Å²) in [6.45, 7) is 2.05. The molecule has 0 fully saturated rings. The summed E-state index contributed by atoms with van der Waals surface area (Å²) in [6.07, 6.45) is 8.46. The van der Waals surface area contributed by atoms with Crippen LogP contribution in [0.2, 0.25) is 0 Å². The molecule has 0 amide bonds. The van der Waals surface area contributed by atoms with Crippen molar-refractivity contribution in [1.82, 2.24) is 19.1 Å². The molecule has 0 radical (unpaired) electrons. The van der Waals surface area contributed by atoms with E-state index in [1.54, 1.807) is 24.5 Å². The van der Waals surface area contributed by atoms with Crippen LogP contribution in [0.1, 0.15) is 18.5 Å². The van der Waals surface area contributed by atoms with E-state index in [0.29, 0.717) is 4.90 Å². The smallest absolute Gasteiger partial charge is 0.176 e. The zero-order valence-electron chi connectivity index (χ0n) is 13.2. The minimum atomic E-state index is -3.18. The van der Waals surface area contributed by atoms with Crippen molar-refractivity contribution in [1.29, 1.82) is 0 Å². The van der Waals surface area contributed by atoms with Crippen LogP contribution in [0.3, 0.4) is 0 Å². The van der Waals surface area contributed by atoms with Crippen LogP contribution in [0.25, 0.3) is 11.6 Å². The number of aromatic nitrogens is 4. The summed E-state index contributed by atoms with van der Waals surface area (Å²) in [6, 6.07) is 6.96. The van der Waals surface area contributed by atoms with E-state index in [1.165, 1.54) is 6.26 Å². The lowest BCUT2D eigenvalue weighted by Gasteiger charge is -2.17. The van der Waals surface area contributed by atoms with E-state index in [9.17, 15) is 8.42 Å². The first-order valence-corrected chi connectivity index (χ1v) is 9.07. The molecule has 7 heteroatoms. The molecular weight excluding hydrogens is 312 g/mol. The molecule has 3 aromatic rings. The van der Waals surface area contributed by atoms with Crippen LogP contribution in [-0.2, 0) is 16.9 Å². The first kappa shape index (κ1) is 15.5.